The van der Waals surface area contributed by atoms with E-state index >= 15 is 0 Å². The van der Waals surface area contributed by atoms with Gasteiger partial charge in [-0.3, -0.25) is 0 Å². The Labute approximate surface area is 220 Å². The van der Waals surface area contributed by atoms with Crippen LogP contribution in [0.15, 0.2) is 82.4 Å². The lowest BCUT2D eigenvalue weighted by Gasteiger charge is -2.39. The second kappa shape index (κ2) is 9.39. The molecule has 2 N–H and O–H groups in total. The van der Waals surface area contributed by atoms with E-state index in [1.807, 2.05) is 35.2 Å². The van der Waals surface area contributed by atoms with Gasteiger partial charge in [0, 0.05) is 33.8 Å². The van der Waals surface area contributed by atoms with Crippen molar-refractivity contribution >= 4 is 38.7 Å². The molecular weight excluding hydrogens is 519 g/mol. The standard InChI is InChI=1S/C27H24Cl2N2O4S/c1-34-24-12-17-10-11-31-23(21(17)15-25(24)35-2)14-22(16-6-8-18(28)9-7-16)26(27(31)30)36(32,33)20-5-3-4-19(29)13-20/h3-9,12-15,22H,10-11,30H2,1-2H3/t22-/m1/s1. The van der Waals surface area contributed by atoms with Gasteiger partial charge in [0.05, 0.1) is 19.1 Å². The first-order chi connectivity index (χ1) is 17.2. The normalized spacial score (nSPS) is 17.3. The Morgan fingerprint density at radius 1 is 0.944 bits per heavy atom. The number of allylic oxidation sites excluding steroid dienone is 2. The van der Waals surface area contributed by atoms with Crippen molar-refractivity contribution in [2.24, 2.45) is 5.73 Å². The van der Waals surface area contributed by atoms with Gasteiger partial charge in [-0.15, -0.1) is 0 Å². The van der Waals surface area contributed by atoms with Crippen LogP contribution in [0.3, 0.4) is 0 Å². The fourth-order valence-electron chi connectivity index (χ4n) is 4.80. The van der Waals surface area contributed by atoms with Crippen LogP contribution in [0, 0.1) is 0 Å². The first-order valence-corrected chi connectivity index (χ1v) is 13.5. The van der Waals surface area contributed by atoms with Gasteiger partial charge in [-0.1, -0.05) is 41.4 Å². The summed E-state index contributed by atoms with van der Waals surface area (Å²) in [5.41, 5.74) is 10.3. The predicted octanol–water partition coefficient (Wildman–Crippen LogP) is 5.61. The molecule has 0 unspecified atom stereocenters. The number of nitrogens with zero attached hydrogens (tertiary/aromatic N) is 1. The molecule has 3 aromatic carbocycles. The van der Waals surface area contributed by atoms with Crippen LogP contribution in [0.4, 0.5) is 0 Å². The topological polar surface area (TPSA) is 81.9 Å². The molecule has 0 saturated carbocycles. The van der Waals surface area contributed by atoms with Gasteiger partial charge in [-0.25, -0.2) is 8.42 Å². The SMILES string of the molecule is COc1cc2c(cc1OC)C1=C[C@H](c3ccc(Cl)cc3)C(S(=O)(=O)c3cccc(Cl)c3)=C(N)N1CC2. The van der Waals surface area contributed by atoms with Crippen molar-refractivity contribution in [1.82, 2.24) is 4.90 Å². The molecule has 0 aliphatic carbocycles. The number of sulfone groups is 1. The fraction of sp³-hybridized carbons (Fsp3) is 0.185. The third-order valence-electron chi connectivity index (χ3n) is 6.56. The molecule has 0 spiro atoms. The first kappa shape index (κ1) is 24.6. The maximum atomic E-state index is 14.0. The van der Waals surface area contributed by atoms with E-state index in [0.717, 1.165) is 22.4 Å². The van der Waals surface area contributed by atoms with Crippen molar-refractivity contribution in [1.29, 1.82) is 0 Å². The largest absolute Gasteiger partial charge is 0.493 e. The van der Waals surface area contributed by atoms with Crippen molar-refractivity contribution < 1.29 is 17.9 Å². The summed E-state index contributed by atoms with van der Waals surface area (Å²) in [5.74, 6) is 0.773. The Kier molecular flexibility index (Phi) is 6.41. The average molecular weight is 543 g/mol. The van der Waals surface area contributed by atoms with E-state index in [9.17, 15) is 8.42 Å². The van der Waals surface area contributed by atoms with Gasteiger partial charge in [-0.2, -0.15) is 0 Å². The van der Waals surface area contributed by atoms with E-state index in [-0.39, 0.29) is 15.6 Å². The average Bonchev–Trinajstić information content (AvgIpc) is 2.87. The van der Waals surface area contributed by atoms with Crippen LogP contribution < -0.4 is 15.2 Å². The Balaban J connectivity index is 1.73. The second-order valence-electron chi connectivity index (χ2n) is 8.56. The molecule has 9 heteroatoms. The highest BCUT2D eigenvalue weighted by Crippen LogP contribution is 2.46. The lowest BCUT2D eigenvalue weighted by atomic mass is 9.88. The predicted molar refractivity (Wildman–Crippen MR) is 142 cm³/mol. The van der Waals surface area contributed by atoms with Gasteiger partial charge in [0.1, 0.15) is 10.7 Å². The van der Waals surface area contributed by atoms with E-state index in [1.165, 1.54) is 12.1 Å². The molecule has 3 aromatic rings. The number of nitrogens with two attached hydrogens (primary N) is 1. The highest BCUT2D eigenvalue weighted by molar-refractivity contribution is 7.95. The van der Waals surface area contributed by atoms with Gasteiger partial charge < -0.3 is 20.1 Å². The van der Waals surface area contributed by atoms with Crippen molar-refractivity contribution in [3.8, 4) is 11.5 Å². The molecule has 2 aliphatic heterocycles. The van der Waals surface area contributed by atoms with Crippen molar-refractivity contribution in [3.05, 3.63) is 104 Å². The third-order valence-corrected chi connectivity index (χ3v) is 8.96. The quantitative estimate of drug-likeness (QED) is 0.451. The summed E-state index contributed by atoms with van der Waals surface area (Å²) in [7, 11) is -0.802. The second-order valence-corrected chi connectivity index (χ2v) is 11.3. The lowest BCUT2D eigenvalue weighted by molar-refractivity contribution is 0.353. The first-order valence-electron chi connectivity index (χ1n) is 11.2. The smallest absolute Gasteiger partial charge is 0.207 e. The molecule has 5 rings (SSSR count). The minimum atomic E-state index is -3.99. The van der Waals surface area contributed by atoms with E-state index < -0.39 is 15.8 Å². The van der Waals surface area contributed by atoms with E-state index in [2.05, 4.69) is 0 Å². The minimum absolute atomic E-state index is 0.0904. The van der Waals surface area contributed by atoms with Crippen molar-refractivity contribution in [2.75, 3.05) is 20.8 Å². The zero-order valence-electron chi connectivity index (χ0n) is 19.7. The Bertz CT molecular complexity index is 1520. The van der Waals surface area contributed by atoms with Crippen molar-refractivity contribution in [2.45, 2.75) is 17.2 Å². The summed E-state index contributed by atoms with van der Waals surface area (Å²) in [6, 6.07) is 17.2. The van der Waals surface area contributed by atoms with Gasteiger partial charge in [-0.05, 0) is 66.1 Å². The molecule has 0 aromatic heterocycles. The summed E-state index contributed by atoms with van der Waals surface area (Å²) in [5, 5.41) is 0.887. The number of ether oxygens (including phenoxy) is 2. The molecule has 6 nitrogen and oxygen atoms in total. The summed E-state index contributed by atoms with van der Waals surface area (Å²) < 4.78 is 39.0. The van der Waals surface area contributed by atoms with Crippen LogP contribution in [0.1, 0.15) is 22.6 Å². The molecule has 0 radical (unpaired) electrons. The zero-order valence-corrected chi connectivity index (χ0v) is 22.0. The highest BCUT2D eigenvalue weighted by atomic mass is 35.5. The fourth-order valence-corrected chi connectivity index (χ4v) is 6.90. The maximum absolute atomic E-state index is 14.0. The number of methoxy groups -OCH3 is 2. The molecule has 36 heavy (non-hydrogen) atoms. The Morgan fingerprint density at radius 3 is 2.31 bits per heavy atom. The number of hydrogen-bond donors (Lipinski definition) is 1. The maximum Gasteiger partial charge on any atom is 0.207 e. The number of benzene rings is 3. The molecule has 186 valence electrons. The number of rotatable bonds is 5. The monoisotopic (exact) mass is 542 g/mol. The third kappa shape index (κ3) is 4.11. The molecule has 0 amide bonds. The van der Waals surface area contributed by atoms with Crippen LogP contribution in [0.2, 0.25) is 10.0 Å². The van der Waals surface area contributed by atoms with E-state index in [1.54, 1.807) is 38.5 Å². The van der Waals surface area contributed by atoms with Crippen molar-refractivity contribution in [3.63, 3.8) is 0 Å². The van der Waals surface area contributed by atoms with Gasteiger partial charge in [0.25, 0.3) is 0 Å². The minimum Gasteiger partial charge on any atom is -0.493 e. The summed E-state index contributed by atoms with van der Waals surface area (Å²) in [6.45, 7) is 0.516. The van der Waals surface area contributed by atoms with Crippen LogP contribution >= 0.6 is 23.2 Å². The molecule has 0 saturated heterocycles. The van der Waals surface area contributed by atoms with Gasteiger partial charge >= 0.3 is 0 Å². The Hall–Kier alpha value is -3.13. The molecule has 1 atom stereocenters. The number of hydrogen-bond acceptors (Lipinski definition) is 6. The summed E-state index contributed by atoms with van der Waals surface area (Å²) >= 11 is 12.3. The van der Waals surface area contributed by atoms with Crippen LogP contribution in [-0.2, 0) is 16.3 Å². The summed E-state index contributed by atoms with van der Waals surface area (Å²) in [6.07, 6.45) is 2.60. The Morgan fingerprint density at radius 2 is 1.64 bits per heavy atom. The molecule has 0 fully saturated rings. The van der Waals surface area contributed by atoms with Crippen LogP contribution in [-0.4, -0.2) is 34.1 Å². The van der Waals surface area contributed by atoms with Crippen LogP contribution in [0.5, 0.6) is 11.5 Å². The number of halogens is 2. The summed E-state index contributed by atoms with van der Waals surface area (Å²) in [4.78, 5) is 2.06. The van der Waals surface area contributed by atoms with E-state index in [4.69, 9.17) is 38.4 Å². The highest BCUT2D eigenvalue weighted by Gasteiger charge is 2.39. The number of fused-ring (bicyclic) bond motifs is 3. The van der Waals surface area contributed by atoms with Crippen LogP contribution in [0.25, 0.3) is 5.70 Å². The lowest BCUT2D eigenvalue weighted by Crippen LogP contribution is -2.38. The molecule has 2 aliphatic rings. The molecule has 2 heterocycles. The molecule has 0 bridgehead atoms. The van der Waals surface area contributed by atoms with Gasteiger partial charge in [0.15, 0.2) is 11.5 Å². The van der Waals surface area contributed by atoms with Gasteiger partial charge in [0.2, 0.25) is 9.84 Å². The molecular formula is C27H24Cl2N2O4S. The van der Waals surface area contributed by atoms with E-state index in [0.29, 0.717) is 34.5 Å². The zero-order chi connectivity index (χ0) is 25.6.